The number of hydrogen-bond acceptors (Lipinski definition) is 7. The Hall–Kier alpha value is -4.22. The summed E-state index contributed by atoms with van der Waals surface area (Å²) in [6, 6.07) is 24.1. The van der Waals surface area contributed by atoms with Crippen molar-refractivity contribution < 1.29 is 18.7 Å². The van der Waals surface area contributed by atoms with Gasteiger partial charge in [-0.3, -0.25) is 9.59 Å². The standard InChI is InChI=1S/C27H23N3O4S/c1-18-24(26(32)30-20-11-6-3-7-12-20)25(22-13-8-14-33-22)21(15-28)27(29-18)35-17-23(31)34-16-19-9-4-2-5-10-19/h2-14,25,29H,16-17H2,1H3,(H,30,32)/t25-/m0/s1. The number of hydrogen-bond donors (Lipinski definition) is 2. The van der Waals surface area contributed by atoms with Crippen LogP contribution in [-0.2, 0) is 20.9 Å². The van der Waals surface area contributed by atoms with Crippen molar-refractivity contribution in [1.29, 1.82) is 5.26 Å². The summed E-state index contributed by atoms with van der Waals surface area (Å²) in [5.74, 6) is -1.01. The van der Waals surface area contributed by atoms with Gasteiger partial charge in [0.25, 0.3) is 5.91 Å². The summed E-state index contributed by atoms with van der Waals surface area (Å²) in [5, 5.41) is 16.6. The first-order valence-corrected chi connectivity index (χ1v) is 11.9. The van der Waals surface area contributed by atoms with Crippen LogP contribution in [-0.4, -0.2) is 17.6 Å². The second kappa shape index (κ2) is 11.3. The van der Waals surface area contributed by atoms with E-state index < -0.39 is 11.9 Å². The number of anilines is 1. The highest BCUT2D eigenvalue weighted by atomic mass is 32.2. The molecule has 1 amide bonds. The molecular formula is C27H23N3O4S. The van der Waals surface area contributed by atoms with Gasteiger partial charge in [0.15, 0.2) is 0 Å². The first-order chi connectivity index (χ1) is 17.1. The Labute approximate surface area is 207 Å². The summed E-state index contributed by atoms with van der Waals surface area (Å²) in [4.78, 5) is 25.6. The summed E-state index contributed by atoms with van der Waals surface area (Å²) < 4.78 is 11.0. The number of rotatable bonds is 8. The minimum Gasteiger partial charge on any atom is -0.468 e. The van der Waals surface area contributed by atoms with Gasteiger partial charge in [-0.25, -0.2) is 0 Å². The molecule has 0 bridgehead atoms. The molecule has 0 aliphatic carbocycles. The van der Waals surface area contributed by atoms with E-state index in [1.54, 1.807) is 31.2 Å². The van der Waals surface area contributed by atoms with E-state index in [0.29, 0.717) is 33.3 Å². The highest BCUT2D eigenvalue weighted by molar-refractivity contribution is 8.03. The van der Waals surface area contributed by atoms with Crippen LogP contribution in [0.5, 0.6) is 0 Å². The maximum Gasteiger partial charge on any atom is 0.316 e. The van der Waals surface area contributed by atoms with Crippen molar-refractivity contribution >= 4 is 29.3 Å². The lowest BCUT2D eigenvalue weighted by molar-refractivity contribution is -0.141. The molecule has 7 nitrogen and oxygen atoms in total. The Kier molecular flexibility index (Phi) is 7.70. The Morgan fingerprint density at radius 2 is 1.80 bits per heavy atom. The van der Waals surface area contributed by atoms with Gasteiger partial charge in [0.05, 0.1) is 40.2 Å². The largest absolute Gasteiger partial charge is 0.468 e. The maximum atomic E-state index is 13.3. The molecule has 3 aromatic rings. The molecule has 0 unspecified atom stereocenters. The minimum atomic E-state index is -0.720. The van der Waals surface area contributed by atoms with Crippen molar-refractivity contribution in [1.82, 2.24) is 5.32 Å². The number of carbonyl (C=O) groups excluding carboxylic acids is 2. The van der Waals surface area contributed by atoms with Gasteiger partial charge < -0.3 is 19.8 Å². The number of nitrogens with one attached hydrogen (secondary N) is 2. The Morgan fingerprint density at radius 1 is 1.09 bits per heavy atom. The Bertz CT molecular complexity index is 1290. The summed E-state index contributed by atoms with van der Waals surface area (Å²) in [6.45, 7) is 1.94. The maximum absolute atomic E-state index is 13.3. The van der Waals surface area contributed by atoms with Crippen LogP contribution in [0.15, 0.2) is 105 Å². The second-order valence-electron chi connectivity index (χ2n) is 7.72. The number of nitriles is 1. The molecule has 0 radical (unpaired) electrons. The van der Waals surface area contributed by atoms with Gasteiger partial charge in [0.1, 0.15) is 12.4 Å². The third-order valence-electron chi connectivity index (χ3n) is 5.33. The van der Waals surface area contributed by atoms with Gasteiger partial charge in [0, 0.05) is 11.4 Å². The summed E-state index contributed by atoms with van der Waals surface area (Å²) in [7, 11) is 0. The normalized spacial score (nSPS) is 15.3. The quantitative estimate of drug-likeness (QED) is 0.428. The zero-order valence-electron chi connectivity index (χ0n) is 19.0. The number of thioether (sulfide) groups is 1. The lowest BCUT2D eigenvalue weighted by Crippen LogP contribution is -2.30. The highest BCUT2D eigenvalue weighted by Crippen LogP contribution is 2.41. The smallest absolute Gasteiger partial charge is 0.316 e. The van der Waals surface area contributed by atoms with E-state index >= 15 is 0 Å². The molecule has 0 fully saturated rings. The molecule has 35 heavy (non-hydrogen) atoms. The van der Waals surface area contributed by atoms with Crippen LogP contribution in [0, 0.1) is 11.3 Å². The summed E-state index contributed by atoms with van der Waals surface area (Å²) >= 11 is 1.16. The SMILES string of the molecule is CC1=C(C(=O)Nc2ccccc2)[C@H](c2ccco2)C(C#N)=C(SCC(=O)OCc2ccccc2)N1. The molecule has 2 aromatic carbocycles. The van der Waals surface area contributed by atoms with Crippen LogP contribution < -0.4 is 10.6 Å². The van der Waals surface area contributed by atoms with Crippen LogP contribution in [0.3, 0.4) is 0 Å². The molecule has 176 valence electrons. The number of dihydropyridines is 1. The van der Waals surface area contributed by atoms with Crippen molar-refractivity contribution in [2.45, 2.75) is 19.4 Å². The number of para-hydroxylation sites is 1. The Morgan fingerprint density at radius 3 is 2.46 bits per heavy atom. The van der Waals surface area contributed by atoms with E-state index in [9.17, 15) is 14.9 Å². The van der Waals surface area contributed by atoms with Gasteiger partial charge in [-0.1, -0.05) is 60.3 Å². The number of furan rings is 1. The van der Waals surface area contributed by atoms with Crippen LogP contribution in [0.25, 0.3) is 0 Å². The first kappa shape index (κ1) is 23.9. The zero-order valence-corrected chi connectivity index (χ0v) is 19.8. The fourth-order valence-corrected chi connectivity index (χ4v) is 4.59. The van der Waals surface area contributed by atoms with Crippen molar-refractivity contribution in [3.63, 3.8) is 0 Å². The molecule has 0 saturated heterocycles. The molecule has 2 N–H and O–H groups in total. The van der Waals surface area contributed by atoms with Crippen molar-refractivity contribution in [2.75, 3.05) is 11.1 Å². The van der Waals surface area contributed by atoms with Gasteiger partial charge in [-0.15, -0.1) is 0 Å². The number of benzene rings is 2. The Balaban J connectivity index is 1.53. The lowest BCUT2D eigenvalue weighted by Gasteiger charge is -2.28. The molecule has 8 heteroatoms. The number of amides is 1. The number of carbonyl (C=O) groups is 2. The number of ether oxygens (including phenoxy) is 1. The van der Waals surface area contributed by atoms with Crippen molar-refractivity contribution in [3.05, 3.63) is 112 Å². The van der Waals surface area contributed by atoms with Gasteiger partial charge in [0.2, 0.25) is 0 Å². The first-order valence-electron chi connectivity index (χ1n) is 10.9. The second-order valence-corrected chi connectivity index (χ2v) is 8.71. The van der Waals surface area contributed by atoms with Crippen molar-refractivity contribution in [2.24, 2.45) is 0 Å². The predicted molar refractivity (Wildman–Crippen MR) is 134 cm³/mol. The molecule has 1 aliphatic heterocycles. The van der Waals surface area contributed by atoms with E-state index in [1.165, 1.54) is 6.26 Å². The molecule has 1 aliphatic rings. The van der Waals surface area contributed by atoms with Crippen LogP contribution in [0.4, 0.5) is 5.69 Å². The molecule has 0 spiro atoms. The fraction of sp³-hybridized carbons (Fsp3) is 0.148. The third-order valence-corrected chi connectivity index (χ3v) is 6.32. The van der Waals surface area contributed by atoms with E-state index in [4.69, 9.17) is 9.15 Å². The molecule has 4 rings (SSSR count). The van der Waals surface area contributed by atoms with Crippen molar-refractivity contribution in [3.8, 4) is 6.07 Å². The summed E-state index contributed by atoms with van der Waals surface area (Å²) in [6.07, 6.45) is 1.50. The zero-order chi connectivity index (χ0) is 24.6. The predicted octanol–water partition coefficient (Wildman–Crippen LogP) is 5.09. The molecule has 2 heterocycles. The molecule has 1 atom stereocenters. The fourth-order valence-electron chi connectivity index (χ4n) is 3.70. The van der Waals surface area contributed by atoms with Gasteiger partial charge in [-0.2, -0.15) is 5.26 Å². The average Bonchev–Trinajstić information content (AvgIpc) is 3.41. The monoisotopic (exact) mass is 485 g/mol. The molecule has 1 aromatic heterocycles. The molecule has 0 saturated carbocycles. The highest BCUT2D eigenvalue weighted by Gasteiger charge is 2.36. The average molecular weight is 486 g/mol. The van der Waals surface area contributed by atoms with Gasteiger partial charge in [-0.05, 0) is 36.8 Å². The number of nitrogens with zero attached hydrogens (tertiary/aromatic N) is 1. The third kappa shape index (κ3) is 5.83. The molecular weight excluding hydrogens is 462 g/mol. The minimum absolute atomic E-state index is 0.00401. The van der Waals surface area contributed by atoms with E-state index in [-0.39, 0.29) is 18.3 Å². The lowest BCUT2D eigenvalue weighted by atomic mass is 9.85. The van der Waals surface area contributed by atoms with Crippen LogP contribution in [0.2, 0.25) is 0 Å². The van der Waals surface area contributed by atoms with E-state index in [2.05, 4.69) is 16.7 Å². The van der Waals surface area contributed by atoms with E-state index in [1.807, 2.05) is 48.5 Å². The number of esters is 1. The number of allylic oxidation sites excluding steroid dienone is 2. The van der Waals surface area contributed by atoms with E-state index in [0.717, 1.165) is 17.3 Å². The van der Waals surface area contributed by atoms with Crippen LogP contribution >= 0.6 is 11.8 Å². The van der Waals surface area contributed by atoms with Gasteiger partial charge >= 0.3 is 5.97 Å². The topological polar surface area (TPSA) is 104 Å². The van der Waals surface area contributed by atoms with Crippen LogP contribution in [0.1, 0.15) is 24.2 Å². The summed E-state index contributed by atoms with van der Waals surface area (Å²) in [5.41, 5.74) is 2.77.